The summed E-state index contributed by atoms with van der Waals surface area (Å²) >= 11 is 0. The molecule has 0 saturated heterocycles. The molecule has 0 fully saturated rings. The number of hydrogen-bond acceptors (Lipinski definition) is 8. The quantitative estimate of drug-likeness (QED) is 0.387. The Morgan fingerprint density at radius 1 is 0.586 bits per heavy atom. The van der Waals surface area contributed by atoms with Gasteiger partial charge in [-0.15, -0.1) is 0 Å². The first-order valence-electron chi connectivity index (χ1n) is 9.38. The summed E-state index contributed by atoms with van der Waals surface area (Å²) in [6.45, 7) is 23.2. The van der Waals surface area contributed by atoms with Crippen molar-refractivity contribution in [3.05, 3.63) is 30.3 Å². The summed E-state index contributed by atoms with van der Waals surface area (Å²) in [6, 6.07) is 0. The molecule has 0 aromatic carbocycles. The first kappa shape index (κ1) is 71.2. The molecule has 190 valence electrons. The fraction of sp³-hybridized carbons (Fsp3) is 1.00. The van der Waals surface area contributed by atoms with Gasteiger partial charge in [-0.05, 0) is 6.54 Å². The maximum absolute atomic E-state index is 8.81. The molecule has 0 aliphatic carbocycles. The van der Waals surface area contributed by atoms with Gasteiger partial charge in [0, 0.05) is 14.8 Å². The molecule has 0 aromatic rings. The predicted molar refractivity (Wildman–Crippen MR) is 128 cm³/mol. The number of hydrogen-bond donors (Lipinski definition) is 2. The van der Waals surface area contributed by atoms with Gasteiger partial charge in [-0.25, -0.2) is 0 Å². The number of nitrogens with zero attached hydrogens (tertiary/aromatic N) is 3. The zero-order chi connectivity index (χ0) is 24.9. The van der Waals surface area contributed by atoms with Crippen LogP contribution in [0.25, 0.3) is 0 Å². The lowest BCUT2D eigenvalue weighted by molar-refractivity contribution is -0.445. The molecule has 0 heterocycles. The fourth-order valence-electron chi connectivity index (χ4n) is 0. The Morgan fingerprint density at radius 3 is 0.586 bits per heavy atom. The van der Waals surface area contributed by atoms with Crippen molar-refractivity contribution < 1.29 is 20.2 Å². The van der Waals surface area contributed by atoms with Crippen LogP contribution >= 0.6 is 0 Å². The first-order valence-corrected chi connectivity index (χ1v) is 9.38. The molecule has 0 rings (SSSR count). The highest BCUT2D eigenvalue weighted by Gasteiger charge is 1.57. The zero-order valence-corrected chi connectivity index (χ0v) is 21.7. The van der Waals surface area contributed by atoms with Gasteiger partial charge in [0.05, 0.1) is 0 Å². The van der Waals surface area contributed by atoms with Gasteiger partial charge in [-0.3, -0.25) is 30.3 Å². The highest BCUT2D eigenvalue weighted by atomic mass is 16.6. The largest absolute Gasteiger partial charge is 0.412 e. The van der Waals surface area contributed by atoms with Crippen molar-refractivity contribution in [1.82, 2.24) is 6.15 Å². The summed E-state index contributed by atoms with van der Waals surface area (Å²) in [7, 11) is 2.67. The highest BCUT2D eigenvalue weighted by molar-refractivity contribution is 4.00. The molecular formula is C17H55N5O7. The molecule has 0 spiro atoms. The Morgan fingerprint density at radius 2 is 0.586 bits per heavy atom. The van der Waals surface area contributed by atoms with Crippen LogP contribution in [0.3, 0.4) is 0 Å². The van der Waals surface area contributed by atoms with E-state index in [-0.39, 0.29) is 11.6 Å². The third-order valence-corrected chi connectivity index (χ3v) is 0. The van der Waals surface area contributed by atoms with E-state index in [1.54, 1.807) is 0 Å². The maximum atomic E-state index is 8.81. The molecule has 0 aliphatic rings. The van der Waals surface area contributed by atoms with Crippen molar-refractivity contribution >= 4 is 0 Å². The van der Waals surface area contributed by atoms with Crippen molar-refractivity contribution in [2.24, 2.45) is 5.73 Å². The molecule has 0 unspecified atom stereocenters. The zero-order valence-electron chi connectivity index (χ0n) is 21.7. The van der Waals surface area contributed by atoms with E-state index in [4.69, 9.17) is 36.1 Å². The maximum Gasteiger partial charge on any atom is 0.194 e. The summed E-state index contributed by atoms with van der Waals surface area (Å²) in [6.07, 6.45) is 2.50. The standard InChI is InChI=1S/2C3H8.C2H7N.3C2H6.3CH3NO2.H3N.H2O/c2*1-3-2;1-2-3;3*1-2;3*1-2(3)4;;/h2*3H2,1-2H3;2-3H2,1H3;3*1-2H3;3*1H3;1H3;1H2. The summed E-state index contributed by atoms with van der Waals surface area (Å²) in [5, 5.41) is 26.4. The van der Waals surface area contributed by atoms with Crippen LogP contribution in [0.1, 0.15) is 89.0 Å². The smallest absolute Gasteiger partial charge is 0.194 e. The predicted octanol–water partition coefficient (Wildman–Crippen LogP) is 4.89. The third kappa shape index (κ3) is 4100. The monoisotopic (exact) mass is 441 g/mol. The van der Waals surface area contributed by atoms with Gasteiger partial charge in [0.1, 0.15) is 0 Å². The summed E-state index contributed by atoms with van der Waals surface area (Å²) in [4.78, 5) is 24.9. The molecule has 0 atom stereocenters. The molecule has 0 aliphatic heterocycles. The van der Waals surface area contributed by atoms with E-state index in [1.807, 2.05) is 48.5 Å². The van der Waals surface area contributed by atoms with Crippen molar-refractivity contribution in [3.63, 3.8) is 0 Å². The first-order chi connectivity index (χ1) is 12.4. The van der Waals surface area contributed by atoms with Gasteiger partial charge in [0.15, 0.2) is 21.1 Å². The molecule has 7 N–H and O–H groups in total. The van der Waals surface area contributed by atoms with E-state index >= 15 is 0 Å². The average molecular weight is 442 g/mol. The fourth-order valence-corrected chi connectivity index (χ4v) is 0. The van der Waals surface area contributed by atoms with Crippen molar-refractivity contribution in [2.75, 3.05) is 27.7 Å². The van der Waals surface area contributed by atoms with Crippen LogP contribution in [0.5, 0.6) is 0 Å². The van der Waals surface area contributed by atoms with Crippen LogP contribution in [0.4, 0.5) is 0 Å². The highest BCUT2D eigenvalue weighted by Crippen LogP contribution is 1.56. The molecule has 12 nitrogen and oxygen atoms in total. The van der Waals surface area contributed by atoms with Gasteiger partial charge in [0.2, 0.25) is 0 Å². The number of rotatable bonds is 0. The van der Waals surface area contributed by atoms with E-state index < -0.39 is 14.8 Å². The molecule has 0 aromatic heterocycles. The minimum absolute atomic E-state index is 0. The van der Waals surface area contributed by atoms with Crippen LogP contribution in [0, 0.1) is 30.3 Å². The molecular weight excluding hydrogens is 386 g/mol. The van der Waals surface area contributed by atoms with Crippen molar-refractivity contribution in [1.29, 1.82) is 0 Å². The minimum atomic E-state index is -0.500. The second-order valence-electron chi connectivity index (χ2n) is 3.14. The van der Waals surface area contributed by atoms with Crippen LogP contribution in [0.2, 0.25) is 0 Å². The lowest BCUT2D eigenvalue weighted by Crippen LogP contribution is -1.87. The molecule has 0 amide bonds. The van der Waals surface area contributed by atoms with Crippen LogP contribution in [-0.2, 0) is 0 Å². The molecule has 12 heteroatoms. The molecule has 0 radical (unpaired) electrons. The molecule has 0 bridgehead atoms. The lowest BCUT2D eigenvalue weighted by Gasteiger charge is -1.63. The van der Waals surface area contributed by atoms with Crippen molar-refractivity contribution in [3.8, 4) is 0 Å². The van der Waals surface area contributed by atoms with E-state index in [9.17, 15) is 0 Å². The SMILES string of the molecule is CC.CC.CC.CCC.CCC.CCN.C[N+](=O)[O-].C[N+](=O)[O-].C[N+](=O)[O-].N.O. The second-order valence-corrected chi connectivity index (χ2v) is 3.14. The summed E-state index contributed by atoms with van der Waals surface area (Å²) in [5.74, 6) is 0. The Bertz CT molecular complexity index is 167. The van der Waals surface area contributed by atoms with Crippen LogP contribution < -0.4 is 11.9 Å². The van der Waals surface area contributed by atoms with Gasteiger partial charge < -0.3 is 17.4 Å². The third-order valence-electron chi connectivity index (χ3n) is 0. The topological polar surface area (TPSA) is 222 Å². The summed E-state index contributed by atoms with van der Waals surface area (Å²) in [5.41, 5.74) is 4.85. The van der Waals surface area contributed by atoms with Gasteiger partial charge in [0.25, 0.3) is 0 Å². The van der Waals surface area contributed by atoms with E-state index in [1.165, 1.54) is 12.8 Å². The Labute approximate surface area is 180 Å². The second kappa shape index (κ2) is 161. The Balaban J connectivity index is -0.0000000140. The van der Waals surface area contributed by atoms with Crippen LogP contribution in [-0.4, -0.2) is 47.9 Å². The summed E-state index contributed by atoms with van der Waals surface area (Å²) < 4.78 is 0. The van der Waals surface area contributed by atoms with Gasteiger partial charge in [-0.1, -0.05) is 89.0 Å². The Hall–Kier alpha value is -1.92. The van der Waals surface area contributed by atoms with Gasteiger partial charge >= 0.3 is 0 Å². The number of nitrogens with two attached hydrogens (primary N) is 1. The minimum Gasteiger partial charge on any atom is -0.412 e. The van der Waals surface area contributed by atoms with Gasteiger partial charge in [-0.2, -0.15) is 0 Å². The number of nitro groups is 3. The Kier molecular flexibility index (Phi) is 397. The average Bonchev–Trinajstić information content (AvgIpc) is 2.53. The van der Waals surface area contributed by atoms with E-state index in [0.29, 0.717) is 0 Å². The lowest BCUT2D eigenvalue weighted by atomic mass is 10.6. The van der Waals surface area contributed by atoms with E-state index in [0.717, 1.165) is 27.7 Å². The van der Waals surface area contributed by atoms with Crippen molar-refractivity contribution in [2.45, 2.75) is 89.0 Å². The molecule has 0 saturated carbocycles. The van der Waals surface area contributed by atoms with Crippen LogP contribution in [0.15, 0.2) is 0 Å². The normalized spacial score (nSPS) is 5.07. The molecule has 29 heavy (non-hydrogen) atoms. The van der Waals surface area contributed by atoms with E-state index in [2.05, 4.69) is 27.7 Å².